The first-order valence-electron chi connectivity index (χ1n) is 7.81. The highest BCUT2D eigenvalue weighted by Gasteiger charge is 2.25. The number of aromatic hydroxyl groups is 2. The summed E-state index contributed by atoms with van der Waals surface area (Å²) in [5.74, 6) is 2.85. The van der Waals surface area contributed by atoms with Gasteiger partial charge < -0.3 is 19.5 Å². The van der Waals surface area contributed by atoms with Gasteiger partial charge in [0.05, 0.1) is 11.1 Å². The Morgan fingerprint density at radius 2 is 1.92 bits per heavy atom. The molecule has 2 heterocycles. The smallest absolute Gasteiger partial charge is 0.263 e. The fraction of sp³-hybridized carbons (Fsp3) is 0.278. The number of terminal acetylenes is 1. The van der Waals surface area contributed by atoms with Gasteiger partial charge in [-0.15, -0.1) is 6.42 Å². The highest BCUT2D eigenvalue weighted by molar-refractivity contribution is 5.84. The first kappa shape index (κ1) is 14.5. The molecule has 0 fully saturated rings. The monoisotopic (exact) mass is 324 g/mol. The number of rotatable bonds is 3. The molecule has 1 aromatic carbocycles. The summed E-state index contributed by atoms with van der Waals surface area (Å²) in [5, 5.41) is 25.6. The molecule has 0 amide bonds. The Hall–Kier alpha value is -3.07. The van der Waals surface area contributed by atoms with E-state index in [1.165, 1.54) is 4.57 Å². The van der Waals surface area contributed by atoms with Gasteiger partial charge in [0.1, 0.15) is 0 Å². The van der Waals surface area contributed by atoms with Crippen molar-refractivity contribution >= 4 is 11.0 Å². The summed E-state index contributed by atoms with van der Waals surface area (Å²) < 4.78 is 12.0. The van der Waals surface area contributed by atoms with Gasteiger partial charge in [0.2, 0.25) is 11.8 Å². The van der Waals surface area contributed by atoms with E-state index >= 15 is 0 Å². The normalized spacial score (nSPS) is 13.6. The molecule has 0 atom stereocenters. The highest BCUT2D eigenvalue weighted by Crippen LogP contribution is 2.41. The Morgan fingerprint density at radius 3 is 2.58 bits per heavy atom. The standard InChI is InChI=1S/C18H16N2O4/c1-2-9-23-16-14-10-11(7-8-15(14)24-19-16)20-17(21)12-5-3-4-6-13(12)18(20)22/h1,7-8,10,21-22H,3-6,9H2. The average Bonchev–Trinajstić information content (AvgIpc) is 3.12. The summed E-state index contributed by atoms with van der Waals surface area (Å²) in [4.78, 5) is 0. The van der Waals surface area contributed by atoms with Crippen molar-refractivity contribution in [2.75, 3.05) is 6.61 Å². The lowest BCUT2D eigenvalue weighted by Crippen LogP contribution is -1.98. The molecular weight excluding hydrogens is 308 g/mol. The van der Waals surface area contributed by atoms with E-state index in [4.69, 9.17) is 15.7 Å². The number of ether oxygens (including phenoxy) is 1. The van der Waals surface area contributed by atoms with Crippen LogP contribution in [-0.4, -0.2) is 26.5 Å². The van der Waals surface area contributed by atoms with Crippen LogP contribution in [0.25, 0.3) is 16.7 Å². The van der Waals surface area contributed by atoms with Crippen LogP contribution < -0.4 is 4.74 Å². The minimum atomic E-state index is 0.0835. The Morgan fingerprint density at radius 1 is 1.21 bits per heavy atom. The second-order valence-corrected chi connectivity index (χ2v) is 5.81. The Bertz CT molecular complexity index is 932. The fourth-order valence-electron chi connectivity index (χ4n) is 3.27. The van der Waals surface area contributed by atoms with Crippen molar-refractivity contribution in [1.29, 1.82) is 0 Å². The Kier molecular flexibility index (Phi) is 3.35. The van der Waals surface area contributed by atoms with Gasteiger partial charge >= 0.3 is 0 Å². The van der Waals surface area contributed by atoms with Gasteiger partial charge in [-0.25, -0.2) is 0 Å². The van der Waals surface area contributed by atoms with E-state index in [9.17, 15) is 10.2 Å². The number of benzene rings is 1. The molecule has 0 aliphatic heterocycles. The van der Waals surface area contributed by atoms with Crippen LogP contribution in [0.1, 0.15) is 24.0 Å². The molecule has 0 unspecified atom stereocenters. The summed E-state index contributed by atoms with van der Waals surface area (Å²) in [6, 6.07) is 5.23. The molecule has 6 heteroatoms. The lowest BCUT2D eigenvalue weighted by atomic mass is 9.95. The molecule has 0 spiro atoms. The second-order valence-electron chi connectivity index (χ2n) is 5.81. The molecule has 0 saturated heterocycles. The van der Waals surface area contributed by atoms with Crippen molar-refractivity contribution in [1.82, 2.24) is 9.72 Å². The van der Waals surface area contributed by atoms with Crippen molar-refractivity contribution in [3.8, 4) is 35.7 Å². The first-order chi connectivity index (χ1) is 11.7. The molecule has 1 aliphatic carbocycles. The number of fused-ring (bicyclic) bond motifs is 2. The van der Waals surface area contributed by atoms with E-state index in [-0.39, 0.29) is 18.4 Å². The number of aromatic nitrogens is 2. The van der Waals surface area contributed by atoms with E-state index in [1.807, 2.05) is 0 Å². The molecular formula is C18H16N2O4. The third kappa shape index (κ3) is 2.09. The van der Waals surface area contributed by atoms with Crippen LogP contribution in [0.4, 0.5) is 0 Å². The van der Waals surface area contributed by atoms with Gasteiger partial charge in [-0.3, -0.25) is 4.57 Å². The van der Waals surface area contributed by atoms with Gasteiger partial charge in [-0.05, 0) is 49.0 Å². The van der Waals surface area contributed by atoms with E-state index in [2.05, 4.69) is 11.1 Å². The van der Waals surface area contributed by atoms with Crippen LogP contribution in [0.3, 0.4) is 0 Å². The molecule has 0 saturated carbocycles. The molecule has 4 rings (SSSR count). The predicted molar refractivity (Wildman–Crippen MR) is 87.6 cm³/mol. The zero-order valence-corrected chi connectivity index (χ0v) is 13.0. The second kappa shape index (κ2) is 5.53. The maximum Gasteiger partial charge on any atom is 0.263 e. The molecule has 2 aromatic heterocycles. The van der Waals surface area contributed by atoms with Gasteiger partial charge in [-0.2, -0.15) is 0 Å². The number of hydrogen-bond donors (Lipinski definition) is 2. The largest absolute Gasteiger partial charge is 0.494 e. The van der Waals surface area contributed by atoms with Crippen LogP contribution in [0, 0.1) is 12.3 Å². The van der Waals surface area contributed by atoms with Gasteiger partial charge in [0.15, 0.2) is 12.2 Å². The minimum Gasteiger partial charge on any atom is -0.494 e. The molecule has 122 valence electrons. The summed E-state index contributed by atoms with van der Waals surface area (Å²) in [6.07, 6.45) is 8.77. The molecule has 2 N–H and O–H groups in total. The SMILES string of the molecule is C#CCOc1noc2ccc(-n3c(O)c4c(c3O)CCCC4)cc12. The van der Waals surface area contributed by atoms with Gasteiger partial charge in [0.25, 0.3) is 5.88 Å². The van der Waals surface area contributed by atoms with Crippen molar-refractivity contribution in [3.05, 3.63) is 29.3 Å². The van der Waals surface area contributed by atoms with Crippen molar-refractivity contribution in [2.24, 2.45) is 0 Å². The zero-order chi connectivity index (χ0) is 16.7. The quantitative estimate of drug-likeness (QED) is 0.724. The van der Waals surface area contributed by atoms with Crippen molar-refractivity contribution < 1.29 is 19.5 Å². The van der Waals surface area contributed by atoms with Crippen molar-refractivity contribution in [2.45, 2.75) is 25.7 Å². The third-order valence-corrected chi connectivity index (χ3v) is 4.40. The van der Waals surface area contributed by atoms with E-state index in [0.29, 0.717) is 22.5 Å². The summed E-state index contributed by atoms with van der Waals surface area (Å²) in [7, 11) is 0. The zero-order valence-electron chi connectivity index (χ0n) is 13.0. The lowest BCUT2D eigenvalue weighted by Gasteiger charge is -2.09. The molecule has 6 nitrogen and oxygen atoms in total. The number of hydrogen-bond acceptors (Lipinski definition) is 5. The van der Waals surface area contributed by atoms with Crippen LogP contribution in [-0.2, 0) is 12.8 Å². The van der Waals surface area contributed by atoms with Crippen molar-refractivity contribution in [3.63, 3.8) is 0 Å². The molecule has 0 radical (unpaired) electrons. The predicted octanol–water partition coefficient (Wildman–Crippen LogP) is 2.92. The maximum absolute atomic E-state index is 10.5. The average molecular weight is 324 g/mol. The Balaban J connectivity index is 1.85. The lowest BCUT2D eigenvalue weighted by molar-refractivity contribution is 0.322. The number of nitrogens with zero attached hydrogens (tertiary/aromatic N) is 2. The van der Waals surface area contributed by atoms with Gasteiger partial charge in [-0.1, -0.05) is 5.92 Å². The van der Waals surface area contributed by atoms with Crippen LogP contribution in [0.2, 0.25) is 0 Å². The molecule has 24 heavy (non-hydrogen) atoms. The van der Waals surface area contributed by atoms with Crippen LogP contribution >= 0.6 is 0 Å². The highest BCUT2D eigenvalue weighted by atomic mass is 16.5. The molecule has 1 aliphatic rings. The molecule has 0 bridgehead atoms. The van der Waals surface area contributed by atoms with E-state index in [1.54, 1.807) is 18.2 Å². The topological polar surface area (TPSA) is 80.7 Å². The first-order valence-corrected chi connectivity index (χ1v) is 7.81. The third-order valence-electron chi connectivity index (χ3n) is 4.40. The van der Waals surface area contributed by atoms with E-state index in [0.717, 1.165) is 36.8 Å². The fourth-order valence-corrected chi connectivity index (χ4v) is 3.27. The molecule has 3 aromatic rings. The Labute approximate surface area is 138 Å². The maximum atomic E-state index is 10.5. The van der Waals surface area contributed by atoms with Crippen LogP contribution in [0.15, 0.2) is 22.7 Å². The summed E-state index contributed by atoms with van der Waals surface area (Å²) >= 11 is 0. The van der Waals surface area contributed by atoms with Gasteiger partial charge in [0, 0.05) is 11.1 Å². The van der Waals surface area contributed by atoms with E-state index < -0.39 is 0 Å². The minimum absolute atomic E-state index is 0.0835. The van der Waals surface area contributed by atoms with Crippen LogP contribution in [0.5, 0.6) is 17.6 Å². The summed E-state index contributed by atoms with van der Waals surface area (Å²) in [6.45, 7) is 0.0835. The summed E-state index contributed by atoms with van der Waals surface area (Å²) in [5.41, 5.74) is 2.81.